The van der Waals surface area contributed by atoms with Gasteiger partial charge < -0.3 is 19.6 Å². The molecule has 2 aromatic heterocycles. The maximum Gasteiger partial charge on any atom is 0.159 e. The largest absolute Gasteiger partial charge is 0.389 e. The fourth-order valence-corrected chi connectivity index (χ4v) is 5.59. The molecule has 0 unspecified atom stereocenters. The third kappa shape index (κ3) is 4.52. The number of oxime groups is 1. The summed E-state index contributed by atoms with van der Waals surface area (Å²) in [6.07, 6.45) is 8.60. The highest BCUT2D eigenvalue weighted by atomic mass is 16.7. The highest BCUT2D eigenvalue weighted by Gasteiger charge is 2.51. The van der Waals surface area contributed by atoms with Crippen LogP contribution in [0, 0.1) is 5.92 Å². The lowest BCUT2D eigenvalue weighted by molar-refractivity contribution is -0.125. The summed E-state index contributed by atoms with van der Waals surface area (Å²) in [4.78, 5) is 10.8. The van der Waals surface area contributed by atoms with E-state index in [-0.39, 0.29) is 5.60 Å². The molecule has 4 heterocycles. The van der Waals surface area contributed by atoms with E-state index in [1.165, 1.54) is 5.56 Å². The number of rotatable bonds is 8. The number of hydrogen-bond acceptors (Lipinski definition) is 7. The normalized spacial score (nSPS) is 24.4. The number of aromatic nitrogens is 3. The molecule has 1 aliphatic carbocycles. The maximum absolute atomic E-state index is 6.06. The van der Waals surface area contributed by atoms with Crippen molar-refractivity contribution in [2.75, 3.05) is 25.1 Å². The molecule has 1 saturated carbocycles. The van der Waals surface area contributed by atoms with E-state index in [0.29, 0.717) is 18.6 Å². The van der Waals surface area contributed by atoms with Crippen LogP contribution in [-0.4, -0.2) is 51.9 Å². The molecule has 1 aromatic carbocycles. The van der Waals surface area contributed by atoms with Crippen molar-refractivity contribution in [3.8, 4) is 0 Å². The lowest BCUT2D eigenvalue weighted by atomic mass is 9.68. The number of ether oxygens (including phenoxy) is 2. The van der Waals surface area contributed by atoms with Crippen molar-refractivity contribution in [1.82, 2.24) is 14.8 Å². The third-order valence-corrected chi connectivity index (χ3v) is 7.47. The monoisotopic (exact) mass is 475 g/mol. The minimum atomic E-state index is -0.200. The van der Waals surface area contributed by atoms with Gasteiger partial charge in [0.15, 0.2) is 5.65 Å². The van der Waals surface area contributed by atoms with E-state index in [2.05, 4.69) is 34.6 Å². The summed E-state index contributed by atoms with van der Waals surface area (Å²) in [5.41, 5.74) is 4.99. The smallest absolute Gasteiger partial charge is 0.159 e. The second-order valence-corrected chi connectivity index (χ2v) is 10.0. The van der Waals surface area contributed by atoms with Crippen LogP contribution in [-0.2, 0) is 27.5 Å². The molecule has 184 valence electrons. The molecule has 1 saturated heterocycles. The van der Waals surface area contributed by atoms with E-state index in [4.69, 9.17) is 19.3 Å². The summed E-state index contributed by atoms with van der Waals surface area (Å²) in [5, 5.41) is 14.0. The van der Waals surface area contributed by atoms with Crippen LogP contribution in [0.15, 0.2) is 47.9 Å². The second-order valence-electron chi connectivity index (χ2n) is 10.0. The van der Waals surface area contributed by atoms with Crippen molar-refractivity contribution in [3.05, 3.63) is 53.9 Å². The van der Waals surface area contributed by atoms with Crippen LogP contribution in [0.25, 0.3) is 11.0 Å². The van der Waals surface area contributed by atoms with Crippen LogP contribution in [0.3, 0.4) is 0 Å². The number of aryl methyl sites for hydroxylation is 1. The van der Waals surface area contributed by atoms with E-state index < -0.39 is 0 Å². The van der Waals surface area contributed by atoms with Gasteiger partial charge in [0.05, 0.1) is 36.2 Å². The predicted octanol–water partition coefficient (Wildman–Crippen LogP) is 4.53. The zero-order valence-electron chi connectivity index (χ0n) is 20.3. The van der Waals surface area contributed by atoms with Crippen molar-refractivity contribution in [1.29, 1.82) is 0 Å². The predicted molar refractivity (Wildman–Crippen MR) is 134 cm³/mol. The van der Waals surface area contributed by atoms with E-state index in [1.807, 2.05) is 35.3 Å². The summed E-state index contributed by atoms with van der Waals surface area (Å²) in [7, 11) is 0. The number of pyridine rings is 1. The van der Waals surface area contributed by atoms with Gasteiger partial charge in [-0.2, -0.15) is 5.10 Å². The van der Waals surface area contributed by atoms with Gasteiger partial charge in [0.25, 0.3) is 0 Å². The molecular formula is C27H33N5O3. The molecule has 6 rings (SSSR count). The highest BCUT2D eigenvalue weighted by molar-refractivity contribution is 6.10. The molecule has 8 heteroatoms. The van der Waals surface area contributed by atoms with Crippen LogP contribution in [0.2, 0.25) is 0 Å². The Morgan fingerprint density at radius 3 is 2.77 bits per heavy atom. The summed E-state index contributed by atoms with van der Waals surface area (Å²) in [5.74, 6) is 0.511. The van der Waals surface area contributed by atoms with Crippen LogP contribution < -0.4 is 5.32 Å². The first-order chi connectivity index (χ1) is 17.2. The maximum atomic E-state index is 6.06. The van der Waals surface area contributed by atoms with Gasteiger partial charge in [-0.3, -0.25) is 0 Å². The molecule has 2 fully saturated rings. The molecule has 35 heavy (non-hydrogen) atoms. The van der Waals surface area contributed by atoms with Gasteiger partial charge in [-0.15, -0.1) is 0 Å². The molecular weight excluding hydrogens is 442 g/mol. The molecule has 3 aliphatic rings. The first-order valence-electron chi connectivity index (χ1n) is 12.8. The SMILES string of the molecule is CCn1ncc2c(NC3CCOCC3)c(C3=NOC4(C3)CC(COCc3ccccc3)C4)cnc21. The van der Waals surface area contributed by atoms with Gasteiger partial charge in [-0.25, -0.2) is 9.67 Å². The number of anilines is 1. The van der Waals surface area contributed by atoms with Crippen molar-refractivity contribution in [2.45, 2.75) is 63.8 Å². The number of nitrogens with zero attached hydrogens (tertiary/aromatic N) is 4. The summed E-state index contributed by atoms with van der Waals surface area (Å²) in [6, 6.07) is 10.7. The Hall–Kier alpha value is -2.97. The lowest BCUT2D eigenvalue weighted by Gasteiger charge is -2.42. The Morgan fingerprint density at radius 2 is 1.97 bits per heavy atom. The van der Waals surface area contributed by atoms with Crippen LogP contribution in [0.4, 0.5) is 5.69 Å². The Bertz CT molecular complexity index is 1200. The molecule has 1 spiro atoms. The fraction of sp³-hybridized carbons (Fsp3) is 0.519. The summed E-state index contributed by atoms with van der Waals surface area (Å²) >= 11 is 0. The molecule has 0 radical (unpaired) electrons. The Balaban J connectivity index is 1.14. The Kier molecular flexibility index (Phi) is 6.16. The zero-order valence-corrected chi connectivity index (χ0v) is 20.3. The summed E-state index contributed by atoms with van der Waals surface area (Å²) in [6.45, 7) is 5.86. The number of fused-ring (bicyclic) bond motifs is 1. The van der Waals surface area contributed by atoms with Crippen LogP contribution in [0.1, 0.15) is 50.2 Å². The summed E-state index contributed by atoms with van der Waals surface area (Å²) < 4.78 is 13.5. The van der Waals surface area contributed by atoms with Crippen molar-refractivity contribution in [2.24, 2.45) is 11.1 Å². The number of hydrogen-bond donors (Lipinski definition) is 1. The minimum absolute atomic E-state index is 0.200. The number of nitrogens with one attached hydrogen (secondary N) is 1. The van der Waals surface area contributed by atoms with Crippen molar-refractivity contribution >= 4 is 22.4 Å². The standard InChI is InChI=1S/C27H33N5O3/c1-2-32-26-23(16-29-32)25(30-21-8-10-33-11-9-21)22(15-28-26)24-14-27(35-31-24)12-20(13-27)18-34-17-19-6-4-3-5-7-19/h3-7,15-16,20-21H,2,8-14,17-18H2,1H3,(H,28,30). The van der Waals surface area contributed by atoms with E-state index in [0.717, 1.165) is 86.5 Å². The quantitative estimate of drug-likeness (QED) is 0.515. The molecule has 1 N–H and O–H groups in total. The van der Waals surface area contributed by atoms with Gasteiger partial charge in [0.2, 0.25) is 0 Å². The van der Waals surface area contributed by atoms with E-state index in [9.17, 15) is 0 Å². The van der Waals surface area contributed by atoms with Crippen molar-refractivity contribution < 1.29 is 14.3 Å². The average Bonchev–Trinajstić information content (AvgIpc) is 3.50. The Morgan fingerprint density at radius 1 is 1.14 bits per heavy atom. The molecule has 0 amide bonds. The third-order valence-electron chi connectivity index (χ3n) is 7.47. The average molecular weight is 476 g/mol. The first kappa shape index (κ1) is 22.5. The van der Waals surface area contributed by atoms with E-state index in [1.54, 1.807) is 0 Å². The molecule has 3 aromatic rings. The van der Waals surface area contributed by atoms with Gasteiger partial charge in [-0.1, -0.05) is 35.5 Å². The van der Waals surface area contributed by atoms with Gasteiger partial charge >= 0.3 is 0 Å². The molecule has 8 nitrogen and oxygen atoms in total. The van der Waals surface area contributed by atoms with Crippen molar-refractivity contribution in [3.63, 3.8) is 0 Å². The Labute approximate surface area is 205 Å². The molecule has 2 aliphatic heterocycles. The zero-order chi connectivity index (χ0) is 23.7. The minimum Gasteiger partial charge on any atom is -0.389 e. The van der Waals surface area contributed by atoms with E-state index >= 15 is 0 Å². The highest BCUT2D eigenvalue weighted by Crippen LogP contribution is 2.48. The first-order valence-corrected chi connectivity index (χ1v) is 12.8. The lowest BCUT2D eigenvalue weighted by Crippen LogP contribution is -2.45. The van der Waals surface area contributed by atoms with Crippen LogP contribution >= 0.6 is 0 Å². The fourth-order valence-electron chi connectivity index (χ4n) is 5.59. The topological polar surface area (TPSA) is 82.8 Å². The molecule has 0 atom stereocenters. The molecule has 0 bridgehead atoms. The second kappa shape index (κ2) is 9.59. The van der Waals surface area contributed by atoms with Gasteiger partial charge in [-0.05, 0) is 44.1 Å². The number of benzene rings is 1. The van der Waals surface area contributed by atoms with Gasteiger partial charge in [0, 0.05) is 44.0 Å². The van der Waals surface area contributed by atoms with Gasteiger partial charge in [0.1, 0.15) is 5.60 Å². The van der Waals surface area contributed by atoms with Crippen LogP contribution in [0.5, 0.6) is 0 Å².